The van der Waals surface area contributed by atoms with Gasteiger partial charge in [0.05, 0.1) is 0 Å². The molecule has 0 aromatic heterocycles. The number of primary amides is 1. The minimum atomic E-state index is -1.12. The van der Waals surface area contributed by atoms with E-state index in [0.29, 0.717) is 5.56 Å². The highest BCUT2D eigenvalue weighted by Crippen LogP contribution is 2.22. The molecule has 4 aromatic rings. The number of benzene rings is 4. The Hall–Kier alpha value is -4.82. The van der Waals surface area contributed by atoms with Gasteiger partial charge in [0.1, 0.15) is 17.9 Å². The second-order valence-corrected chi connectivity index (χ2v) is 10.3. The van der Waals surface area contributed by atoms with Crippen molar-refractivity contribution in [3.63, 3.8) is 0 Å². The molecule has 0 fully saturated rings. The van der Waals surface area contributed by atoms with Crippen LogP contribution in [0.5, 0.6) is 0 Å². The van der Waals surface area contributed by atoms with Crippen molar-refractivity contribution in [1.29, 1.82) is 0 Å². The molecule has 0 aliphatic rings. The number of nitrogens with two attached hydrogens (primary N) is 2. The van der Waals surface area contributed by atoms with E-state index < -0.39 is 29.7 Å². The van der Waals surface area contributed by atoms with E-state index >= 15 is 0 Å². The minimum absolute atomic E-state index is 0.0983. The summed E-state index contributed by atoms with van der Waals surface area (Å²) in [6.45, 7) is 0.264. The van der Waals surface area contributed by atoms with E-state index in [-0.39, 0.29) is 30.9 Å². The first kappa shape index (κ1) is 30.1. The maximum Gasteiger partial charge on any atom is 0.254 e. The van der Waals surface area contributed by atoms with Crippen molar-refractivity contribution in [1.82, 2.24) is 9.80 Å². The number of amides is 3. The highest BCUT2D eigenvalue weighted by molar-refractivity contribution is 5.98. The van der Waals surface area contributed by atoms with E-state index in [9.17, 15) is 18.8 Å². The third-order valence-electron chi connectivity index (χ3n) is 7.49. The van der Waals surface area contributed by atoms with E-state index in [1.807, 2.05) is 60.7 Å². The molecule has 0 heterocycles. The zero-order valence-corrected chi connectivity index (χ0v) is 23.7. The van der Waals surface area contributed by atoms with Crippen molar-refractivity contribution in [2.45, 2.75) is 31.5 Å². The predicted octanol–water partition coefficient (Wildman–Crippen LogP) is 4.19. The number of hydrogen-bond acceptors (Lipinski definition) is 4. The van der Waals surface area contributed by atoms with Gasteiger partial charge in [-0.2, -0.15) is 0 Å². The maximum absolute atomic E-state index is 14.4. The second-order valence-electron chi connectivity index (χ2n) is 10.3. The van der Waals surface area contributed by atoms with Gasteiger partial charge >= 0.3 is 0 Å². The van der Waals surface area contributed by atoms with Gasteiger partial charge in [0.2, 0.25) is 11.8 Å². The van der Waals surface area contributed by atoms with Gasteiger partial charge in [0.15, 0.2) is 0 Å². The Balaban J connectivity index is 1.65. The van der Waals surface area contributed by atoms with E-state index in [1.165, 1.54) is 22.9 Å². The molecule has 0 saturated carbocycles. The highest BCUT2D eigenvalue weighted by Gasteiger charge is 2.35. The maximum atomic E-state index is 14.4. The van der Waals surface area contributed by atoms with E-state index in [1.54, 1.807) is 43.4 Å². The summed E-state index contributed by atoms with van der Waals surface area (Å²) in [6.07, 6.45) is 0.0845. The van der Waals surface area contributed by atoms with Crippen molar-refractivity contribution in [3.05, 3.63) is 131 Å². The van der Waals surface area contributed by atoms with Gasteiger partial charge in [-0.1, -0.05) is 84.9 Å². The molecule has 0 saturated heterocycles. The zero-order chi connectivity index (χ0) is 30.2. The summed E-state index contributed by atoms with van der Waals surface area (Å²) in [5.41, 5.74) is 15.8. The molecule has 3 amide bonds. The zero-order valence-electron chi connectivity index (χ0n) is 23.7. The van der Waals surface area contributed by atoms with Gasteiger partial charge < -0.3 is 21.3 Å². The van der Waals surface area contributed by atoms with Gasteiger partial charge in [-0.3, -0.25) is 14.4 Å². The minimum Gasteiger partial charge on any atom is -0.368 e. The van der Waals surface area contributed by atoms with Crippen LogP contribution < -0.4 is 11.5 Å². The van der Waals surface area contributed by atoms with Crippen LogP contribution in [0.4, 0.5) is 4.39 Å². The standard InChI is InChI=1S/C34H35FN4O3/c1-38(30(32(37)40)21-27-12-6-7-14-29(27)35)34(42)31(39(2)33(41)28-13-8-9-24(19-28)22-36)20-23-15-17-26(18-16-23)25-10-4-3-5-11-25/h3-19,30-31H,20-22,36H2,1-2H3,(H2,37,40)/t30-,31-/m1/s1. The number of halogens is 1. The Bertz CT molecular complexity index is 1540. The summed E-state index contributed by atoms with van der Waals surface area (Å²) in [4.78, 5) is 42.8. The third kappa shape index (κ3) is 7.08. The van der Waals surface area contributed by atoms with Crippen molar-refractivity contribution in [2.75, 3.05) is 14.1 Å². The first-order valence-electron chi connectivity index (χ1n) is 13.7. The normalized spacial score (nSPS) is 12.3. The van der Waals surface area contributed by atoms with Crippen LogP contribution in [0.2, 0.25) is 0 Å². The van der Waals surface area contributed by atoms with Crippen LogP contribution in [0, 0.1) is 5.82 Å². The van der Waals surface area contributed by atoms with Crippen molar-refractivity contribution in [2.24, 2.45) is 11.5 Å². The molecule has 0 bridgehead atoms. The first-order valence-corrected chi connectivity index (χ1v) is 13.7. The summed E-state index contributed by atoms with van der Waals surface area (Å²) in [5.74, 6) is -2.13. The summed E-state index contributed by atoms with van der Waals surface area (Å²) in [6, 6.07) is 28.5. The molecular formula is C34H35FN4O3. The quantitative estimate of drug-likeness (QED) is 0.284. The molecule has 2 atom stereocenters. The molecule has 7 nitrogen and oxygen atoms in total. The lowest BCUT2D eigenvalue weighted by molar-refractivity contribution is -0.141. The van der Waals surface area contributed by atoms with Crippen molar-refractivity contribution in [3.8, 4) is 11.1 Å². The average molecular weight is 567 g/mol. The van der Waals surface area contributed by atoms with Crippen LogP contribution >= 0.6 is 0 Å². The molecule has 0 radical (unpaired) electrons. The van der Waals surface area contributed by atoms with Crippen LogP contribution in [0.1, 0.15) is 27.0 Å². The van der Waals surface area contributed by atoms with Crippen LogP contribution in [-0.4, -0.2) is 53.7 Å². The summed E-state index contributed by atoms with van der Waals surface area (Å²) < 4.78 is 14.4. The molecule has 4 rings (SSSR count). The second kappa shape index (κ2) is 13.7. The fraction of sp³-hybridized carbons (Fsp3) is 0.206. The lowest BCUT2D eigenvalue weighted by atomic mass is 9.97. The lowest BCUT2D eigenvalue weighted by Gasteiger charge is -2.34. The van der Waals surface area contributed by atoms with E-state index in [4.69, 9.17) is 11.5 Å². The van der Waals surface area contributed by atoms with Crippen molar-refractivity contribution >= 4 is 17.7 Å². The van der Waals surface area contributed by atoms with Gasteiger partial charge in [0.25, 0.3) is 5.91 Å². The lowest BCUT2D eigenvalue weighted by Crippen LogP contribution is -2.55. The van der Waals surface area contributed by atoms with Gasteiger partial charge in [-0.05, 0) is 46.0 Å². The number of carbonyl (C=O) groups excluding carboxylic acids is 3. The van der Waals surface area contributed by atoms with Crippen molar-refractivity contribution < 1.29 is 18.8 Å². The monoisotopic (exact) mass is 566 g/mol. The molecule has 4 aromatic carbocycles. The molecule has 0 unspecified atom stereocenters. The summed E-state index contributed by atoms with van der Waals surface area (Å²) >= 11 is 0. The smallest absolute Gasteiger partial charge is 0.254 e. The SMILES string of the molecule is CN(C(=O)c1cccc(CN)c1)[C@H](Cc1ccc(-c2ccccc2)cc1)C(=O)N(C)[C@H](Cc1ccccc1F)C(N)=O. The number of likely N-dealkylation sites (N-methyl/N-ethyl adjacent to an activating group) is 2. The van der Waals surface area contributed by atoms with Crippen LogP contribution in [0.3, 0.4) is 0 Å². The average Bonchev–Trinajstić information content (AvgIpc) is 3.02. The highest BCUT2D eigenvalue weighted by atomic mass is 19.1. The number of carbonyl (C=O) groups is 3. The topological polar surface area (TPSA) is 110 Å². The fourth-order valence-electron chi connectivity index (χ4n) is 4.94. The number of rotatable bonds is 11. The Kier molecular flexibility index (Phi) is 9.83. The van der Waals surface area contributed by atoms with Gasteiger partial charge in [0, 0.05) is 39.0 Å². The Morgan fingerprint density at radius 3 is 2.00 bits per heavy atom. The first-order chi connectivity index (χ1) is 20.2. The summed E-state index contributed by atoms with van der Waals surface area (Å²) in [5, 5.41) is 0. The Labute approximate surface area is 245 Å². The van der Waals surface area contributed by atoms with Crippen LogP contribution in [-0.2, 0) is 29.0 Å². The largest absolute Gasteiger partial charge is 0.368 e. The Morgan fingerprint density at radius 2 is 1.36 bits per heavy atom. The van der Waals surface area contributed by atoms with Gasteiger partial charge in [-0.25, -0.2) is 4.39 Å². The molecule has 42 heavy (non-hydrogen) atoms. The number of nitrogens with zero attached hydrogens (tertiary/aromatic N) is 2. The predicted molar refractivity (Wildman–Crippen MR) is 162 cm³/mol. The van der Waals surface area contributed by atoms with E-state index in [0.717, 1.165) is 22.3 Å². The number of hydrogen-bond donors (Lipinski definition) is 2. The third-order valence-corrected chi connectivity index (χ3v) is 7.49. The van der Waals surface area contributed by atoms with Crippen LogP contribution in [0.25, 0.3) is 11.1 Å². The molecule has 4 N–H and O–H groups in total. The fourth-order valence-corrected chi connectivity index (χ4v) is 4.94. The van der Waals surface area contributed by atoms with Crippen LogP contribution in [0.15, 0.2) is 103 Å². The molecule has 0 aliphatic heterocycles. The van der Waals surface area contributed by atoms with Gasteiger partial charge in [-0.15, -0.1) is 0 Å². The molecule has 0 aliphatic carbocycles. The molecule has 8 heteroatoms. The summed E-state index contributed by atoms with van der Waals surface area (Å²) in [7, 11) is 3.01. The molecule has 0 spiro atoms. The molecule has 216 valence electrons. The molecular weight excluding hydrogens is 531 g/mol. The van der Waals surface area contributed by atoms with E-state index in [2.05, 4.69) is 0 Å². The Morgan fingerprint density at radius 1 is 0.714 bits per heavy atom.